The first-order chi connectivity index (χ1) is 17.7. The van der Waals surface area contributed by atoms with Gasteiger partial charge in [-0.3, -0.25) is 15.0 Å². The first kappa shape index (κ1) is 25.2. The number of hydrogen-bond acceptors (Lipinski definition) is 5. The Balaban J connectivity index is 1.38. The summed E-state index contributed by atoms with van der Waals surface area (Å²) in [7, 11) is 0. The van der Waals surface area contributed by atoms with Crippen LogP contribution in [0.3, 0.4) is 0 Å². The number of amidine groups is 2. The molecule has 0 radical (unpaired) electrons. The number of nitrogens with zero attached hydrogens (tertiary/aromatic N) is 5. The number of amides is 2. The van der Waals surface area contributed by atoms with E-state index in [2.05, 4.69) is 52.8 Å². The maximum absolute atomic E-state index is 12.9. The van der Waals surface area contributed by atoms with E-state index >= 15 is 0 Å². The average Bonchev–Trinajstić information content (AvgIpc) is 3.41. The van der Waals surface area contributed by atoms with Gasteiger partial charge in [-0.05, 0) is 86.2 Å². The zero-order chi connectivity index (χ0) is 26.3. The summed E-state index contributed by atoms with van der Waals surface area (Å²) < 4.78 is 2.15. The smallest absolute Gasteiger partial charge is 0.283 e. The molecule has 37 heavy (non-hydrogen) atoms. The van der Waals surface area contributed by atoms with Crippen molar-refractivity contribution in [1.29, 1.82) is 5.41 Å². The predicted molar refractivity (Wildman–Crippen MR) is 149 cm³/mol. The van der Waals surface area contributed by atoms with Crippen molar-refractivity contribution in [2.24, 2.45) is 10.1 Å². The molecule has 3 aliphatic rings. The molecule has 1 N–H and O–H groups in total. The maximum atomic E-state index is 12.9. The van der Waals surface area contributed by atoms with Gasteiger partial charge < -0.3 is 9.47 Å². The lowest BCUT2D eigenvalue weighted by molar-refractivity contribution is -0.130. The van der Waals surface area contributed by atoms with Gasteiger partial charge in [-0.1, -0.05) is 26.0 Å². The van der Waals surface area contributed by atoms with Gasteiger partial charge in [-0.2, -0.15) is 15.1 Å². The van der Waals surface area contributed by atoms with Gasteiger partial charge in [0.15, 0.2) is 5.84 Å². The van der Waals surface area contributed by atoms with Crippen LogP contribution in [0.4, 0.5) is 0 Å². The number of aryl methyl sites for hydroxylation is 1. The van der Waals surface area contributed by atoms with Gasteiger partial charge in [-0.25, -0.2) is 0 Å². The zero-order valence-electron chi connectivity index (χ0n) is 21.7. The number of nitrogens with one attached hydrogen (secondary N) is 1. The second-order valence-corrected chi connectivity index (χ2v) is 11.1. The number of carbonyl (C=O) groups is 2. The number of likely N-dealkylation sites (tertiary alicyclic amines) is 1. The second-order valence-electron chi connectivity index (χ2n) is 10.0. The average molecular weight is 517 g/mol. The lowest BCUT2D eigenvalue weighted by Crippen LogP contribution is -2.36. The first-order valence-corrected chi connectivity index (χ1v) is 13.6. The lowest BCUT2D eigenvalue weighted by atomic mass is 10.0. The van der Waals surface area contributed by atoms with Crippen molar-refractivity contribution in [1.82, 2.24) is 14.5 Å². The highest BCUT2D eigenvalue weighted by molar-refractivity contribution is 8.27. The number of aromatic nitrogens is 1. The third-order valence-electron chi connectivity index (χ3n) is 7.10. The first-order valence-electron chi connectivity index (χ1n) is 12.8. The van der Waals surface area contributed by atoms with Crippen LogP contribution in [0.5, 0.6) is 0 Å². The van der Waals surface area contributed by atoms with Crippen LogP contribution in [-0.4, -0.2) is 55.4 Å². The molecule has 1 fully saturated rings. The molecule has 0 unspecified atom stereocenters. The lowest BCUT2D eigenvalue weighted by Gasteiger charge is -2.26. The summed E-state index contributed by atoms with van der Waals surface area (Å²) in [4.78, 5) is 31.7. The summed E-state index contributed by atoms with van der Waals surface area (Å²) in [6.45, 7) is 9.95. The van der Waals surface area contributed by atoms with E-state index < -0.39 is 5.91 Å². The van der Waals surface area contributed by atoms with Crippen molar-refractivity contribution in [2.75, 3.05) is 13.1 Å². The predicted octanol–water partition coefficient (Wildman–Crippen LogP) is 5.24. The van der Waals surface area contributed by atoms with Crippen LogP contribution in [0.25, 0.3) is 11.8 Å². The molecule has 2 aromatic rings. The van der Waals surface area contributed by atoms with Gasteiger partial charge in [0.2, 0.25) is 11.1 Å². The monoisotopic (exact) mass is 516 g/mol. The molecule has 3 aliphatic heterocycles. The minimum absolute atomic E-state index is 0.0194. The summed E-state index contributed by atoms with van der Waals surface area (Å²) in [6.07, 6.45) is 5.11. The van der Waals surface area contributed by atoms with Crippen molar-refractivity contribution >= 4 is 45.7 Å². The zero-order valence-corrected chi connectivity index (χ0v) is 22.6. The summed E-state index contributed by atoms with van der Waals surface area (Å²) in [5, 5.41) is 15.5. The van der Waals surface area contributed by atoms with E-state index in [1.807, 2.05) is 24.8 Å². The molecule has 8 nitrogen and oxygen atoms in total. The van der Waals surface area contributed by atoms with E-state index in [1.54, 1.807) is 6.08 Å². The van der Waals surface area contributed by atoms with Gasteiger partial charge >= 0.3 is 0 Å². The number of rotatable bonds is 5. The molecule has 1 aromatic carbocycles. The highest BCUT2D eigenvalue weighted by Crippen LogP contribution is 2.31. The van der Waals surface area contributed by atoms with Crippen LogP contribution in [-0.2, 0) is 9.59 Å². The Bertz CT molecular complexity index is 1360. The van der Waals surface area contributed by atoms with Gasteiger partial charge in [0.05, 0.1) is 12.0 Å². The minimum Gasteiger partial charge on any atom is -0.342 e. The molecular formula is C28H32N6O2S. The minimum atomic E-state index is -0.464. The van der Waals surface area contributed by atoms with E-state index in [9.17, 15) is 9.59 Å². The van der Waals surface area contributed by atoms with Gasteiger partial charge in [-0.15, -0.1) is 0 Å². The SMILES string of the molecule is Cc1cc(C=C2C(=N)N3N=C(CC(=O)N4CCCCC4)SC3=NC2=O)c(C)n1-c1ccc(C(C)C)cc1. The number of aliphatic imine (C=N–C) groups is 1. The fourth-order valence-corrected chi connectivity index (χ4v) is 5.86. The maximum Gasteiger partial charge on any atom is 0.283 e. The van der Waals surface area contributed by atoms with Crippen molar-refractivity contribution in [3.05, 3.63) is 58.4 Å². The number of benzene rings is 1. The Morgan fingerprint density at radius 1 is 1.14 bits per heavy atom. The number of hydrazone groups is 1. The molecular weight excluding hydrogens is 484 g/mol. The molecule has 0 atom stereocenters. The second kappa shape index (κ2) is 10.1. The molecule has 1 aromatic heterocycles. The van der Waals surface area contributed by atoms with Crippen molar-refractivity contribution in [2.45, 2.75) is 59.3 Å². The van der Waals surface area contributed by atoms with E-state index in [-0.39, 0.29) is 23.7 Å². The number of fused-ring (bicyclic) bond motifs is 1. The number of thioether (sulfide) groups is 1. The Labute approximate surface area is 221 Å². The summed E-state index contributed by atoms with van der Waals surface area (Å²) in [5.74, 6) is 0.0151. The molecule has 0 spiro atoms. The van der Waals surface area contributed by atoms with E-state index in [0.717, 1.165) is 55.0 Å². The molecule has 1 saturated heterocycles. The molecule has 9 heteroatoms. The molecule has 192 valence electrons. The summed E-state index contributed by atoms with van der Waals surface area (Å²) >= 11 is 1.20. The molecule has 0 aliphatic carbocycles. The van der Waals surface area contributed by atoms with E-state index in [0.29, 0.717) is 16.1 Å². The number of piperidine rings is 1. The molecule has 4 heterocycles. The number of carbonyl (C=O) groups excluding carboxylic acids is 2. The third kappa shape index (κ3) is 4.92. The Hall–Kier alpha value is -3.46. The summed E-state index contributed by atoms with van der Waals surface area (Å²) in [6, 6.07) is 10.5. The van der Waals surface area contributed by atoms with Crippen molar-refractivity contribution < 1.29 is 9.59 Å². The van der Waals surface area contributed by atoms with E-state index in [1.165, 1.54) is 22.3 Å². The van der Waals surface area contributed by atoms with Crippen LogP contribution in [0.2, 0.25) is 0 Å². The highest BCUT2D eigenvalue weighted by atomic mass is 32.2. The largest absolute Gasteiger partial charge is 0.342 e. The van der Waals surface area contributed by atoms with Crippen LogP contribution in [0, 0.1) is 19.3 Å². The summed E-state index contributed by atoms with van der Waals surface area (Å²) in [5.41, 5.74) is 5.39. The molecule has 5 rings (SSSR count). The van der Waals surface area contributed by atoms with E-state index in [4.69, 9.17) is 5.41 Å². The standard InChI is InChI=1S/C28H32N6O2S/c1-17(2)20-8-10-22(11-9-20)33-18(3)14-21(19(33)4)15-23-26(29)34-28(30-27(23)36)37-24(31-34)16-25(35)32-12-6-5-7-13-32/h8-11,14-15,17,29H,5-7,12-13,16H2,1-4H3. The Kier molecular flexibility index (Phi) is 6.90. The molecule has 0 bridgehead atoms. The fourth-order valence-electron chi connectivity index (χ4n) is 4.98. The Morgan fingerprint density at radius 3 is 2.51 bits per heavy atom. The number of hydrogen-bond donors (Lipinski definition) is 1. The van der Waals surface area contributed by atoms with Crippen LogP contribution in [0.15, 0.2) is 46.0 Å². The van der Waals surface area contributed by atoms with Crippen LogP contribution in [0.1, 0.15) is 68.0 Å². The van der Waals surface area contributed by atoms with Crippen molar-refractivity contribution in [3.8, 4) is 5.69 Å². The Morgan fingerprint density at radius 2 is 1.84 bits per heavy atom. The fraction of sp³-hybridized carbons (Fsp3) is 0.393. The molecule has 0 saturated carbocycles. The van der Waals surface area contributed by atoms with Gasteiger partial charge in [0.1, 0.15) is 5.04 Å². The normalized spacial score (nSPS) is 19.0. The third-order valence-corrected chi connectivity index (χ3v) is 8.00. The topological polar surface area (TPSA) is 94.1 Å². The van der Waals surface area contributed by atoms with Crippen LogP contribution < -0.4 is 0 Å². The van der Waals surface area contributed by atoms with Crippen LogP contribution >= 0.6 is 11.8 Å². The molecule has 2 amide bonds. The van der Waals surface area contributed by atoms with Gasteiger partial charge in [0, 0.05) is 30.2 Å². The van der Waals surface area contributed by atoms with Crippen molar-refractivity contribution in [3.63, 3.8) is 0 Å². The quantitative estimate of drug-likeness (QED) is 0.550. The van der Waals surface area contributed by atoms with Gasteiger partial charge in [0.25, 0.3) is 5.91 Å². The highest BCUT2D eigenvalue weighted by Gasteiger charge is 2.36.